The van der Waals surface area contributed by atoms with Gasteiger partial charge in [0.1, 0.15) is 0 Å². The molecule has 0 aromatic carbocycles. The molecule has 0 spiro atoms. The van der Waals surface area contributed by atoms with Gasteiger partial charge in [-0.15, -0.1) is 0 Å². The molecule has 0 saturated carbocycles. The van der Waals surface area contributed by atoms with Gasteiger partial charge in [0.05, 0.1) is 0 Å². The molecule has 7 heteroatoms. The number of aromatic nitrogens is 1. The second-order valence-electron chi connectivity index (χ2n) is 2.79. The fraction of sp³-hybridized carbons (Fsp3) is 0.375. The molecule has 1 aromatic rings. The third kappa shape index (κ3) is 2.64. The Morgan fingerprint density at radius 1 is 1.33 bits per heavy atom. The van der Waals surface area contributed by atoms with E-state index >= 15 is 0 Å². The van der Waals surface area contributed by atoms with Crippen molar-refractivity contribution in [2.45, 2.75) is 19.5 Å². The third-order valence-electron chi connectivity index (χ3n) is 1.71. The molecule has 0 bridgehead atoms. The first-order valence-corrected chi connectivity index (χ1v) is 4.55. The van der Waals surface area contributed by atoms with E-state index in [1.165, 1.54) is 0 Å². The van der Waals surface area contributed by atoms with Gasteiger partial charge in [0.15, 0.2) is 5.69 Å². The summed E-state index contributed by atoms with van der Waals surface area (Å²) in [6.45, 7) is 1.11. The number of nitrogens with zero attached hydrogens (tertiary/aromatic N) is 1. The maximum absolute atomic E-state index is 12.3. The molecule has 15 heavy (non-hydrogen) atoms. The summed E-state index contributed by atoms with van der Waals surface area (Å²) in [5.74, 6) is 0. The van der Waals surface area contributed by atoms with Crippen LogP contribution in [-0.4, -0.2) is 4.98 Å². The third-order valence-corrected chi connectivity index (χ3v) is 2.31. The topological polar surface area (TPSA) is 12.9 Å². The number of hydrogen-bond donors (Lipinski definition) is 0. The van der Waals surface area contributed by atoms with Crippen LogP contribution in [0.15, 0.2) is 10.5 Å². The molecule has 1 rings (SSSR count). The fourth-order valence-corrected chi connectivity index (χ4v) is 1.57. The number of rotatable bonds is 1. The highest BCUT2D eigenvalue weighted by atomic mass is 79.9. The summed E-state index contributed by atoms with van der Waals surface area (Å²) < 4.78 is 61.0. The lowest BCUT2D eigenvalue weighted by atomic mass is 10.2. The molecule has 0 fully saturated rings. The number of hydrogen-bond acceptors (Lipinski definition) is 1. The quantitative estimate of drug-likeness (QED) is 0.709. The summed E-state index contributed by atoms with van der Waals surface area (Å²) in [5.41, 5.74) is -2.01. The summed E-state index contributed by atoms with van der Waals surface area (Å²) in [6.07, 6.45) is -7.49. The molecule has 1 nitrogen and oxygen atoms in total. The SMILES string of the molecule is Cc1nc(C(F)(F)F)c(Br)cc1C(F)F. The Kier molecular flexibility index (Phi) is 3.32. The van der Waals surface area contributed by atoms with Crippen molar-refractivity contribution in [3.8, 4) is 0 Å². The standard InChI is InChI=1S/C8H5BrF5N/c1-3-4(7(10)11)2-5(9)6(15-3)8(12,13)14/h2,7H,1H3. The van der Waals surface area contributed by atoms with Gasteiger partial charge in [0.2, 0.25) is 0 Å². The van der Waals surface area contributed by atoms with E-state index in [0.29, 0.717) is 0 Å². The predicted molar refractivity (Wildman–Crippen MR) is 46.6 cm³/mol. The fourth-order valence-electron chi connectivity index (χ4n) is 1.01. The van der Waals surface area contributed by atoms with E-state index in [0.717, 1.165) is 13.0 Å². The van der Waals surface area contributed by atoms with Crippen molar-refractivity contribution in [2.75, 3.05) is 0 Å². The summed E-state index contributed by atoms with van der Waals surface area (Å²) in [6, 6.07) is 0.746. The Hall–Kier alpha value is -0.720. The van der Waals surface area contributed by atoms with Gasteiger partial charge in [-0.1, -0.05) is 0 Å². The summed E-state index contributed by atoms with van der Waals surface area (Å²) in [5, 5.41) is 0. The lowest BCUT2D eigenvalue weighted by molar-refractivity contribution is -0.142. The lowest BCUT2D eigenvalue weighted by Gasteiger charge is -2.11. The molecule has 1 heterocycles. The normalized spacial score (nSPS) is 12.3. The van der Waals surface area contributed by atoms with Crippen LogP contribution in [0.25, 0.3) is 0 Å². The van der Waals surface area contributed by atoms with Crippen molar-refractivity contribution >= 4 is 15.9 Å². The first-order chi connectivity index (χ1) is 6.73. The highest BCUT2D eigenvalue weighted by Crippen LogP contribution is 2.35. The van der Waals surface area contributed by atoms with Crippen LogP contribution in [0.4, 0.5) is 22.0 Å². The highest BCUT2D eigenvalue weighted by molar-refractivity contribution is 9.10. The predicted octanol–water partition coefficient (Wildman–Crippen LogP) is 4.11. The zero-order chi connectivity index (χ0) is 11.8. The second kappa shape index (κ2) is 4.03. The number of alkyl halides is 5. The number of halogens is 6. The minimum absolute atomic E-state index is 0.319. The van der Waals surface area contributed by atoms with E-state index in [1.807, 2.05) is 0 Å². The Morgan fingerprint density at radius 3 is 2.27 bits per heavy atom. The van der Waals surface area contributed by atoms with Gasteiger partial charge in [0, 0.05) is 15.7 Å². The average molecular weight is 290 g/mol. The Morgan fingerprint density at radius 2 is 1.87 bits per heavy atom. The second-order valence-corrected chi connectivity index (χ2v) is 3.65. The van der Waals surface area contributed by atoms with Crippen LogP contribution in [0, 0.1) is 6.92 Å². The van der Waals surface area contributed by atoms with Crippen LogP contribution in [-0.2, 0) is 6.18 Å². The lowest BCUT2D eigenvalue weighted by Crippen LogP contribution is -2.11. The van der Waals surface area contributed by atoms with Gasteiger partial charge in [-0.05, 0) is 28.9 Å². The zero-order valence-corrected chi connectivity index (χ0v) is 8.96. The van der Waals surface area contributed by atoms with Gasteiger partial charge in [0.25, 0.3) is 6.43 Å². The molecule has 0 saturated heterocycles. The largest absolute Gasteiger partial charge is 0.434 e. The molecule has 0 aliphatic carbocycles. The van der Waals surface area contributed by atoms with E-state index in [4.69, 9.17) is 0 Å². The van der Waals surface area contributed by atoms with Crippen molar-refractivity contribution in [3.05, 3.63) is 27.5 Å². The van der Waals surface area contributed by atoms with Crippen molar-refractivity contribution in [1.29, 1.82) is 0 Å². The molecule has 0 atom stereocenters. The zero-order valence-electron chi connectivity index (χ0n) is 7.37. The van der Waals surface area contributed by atoms with Crippen LogP contribution in [0.2, 0.25) is 0 Å². The van der Waals surface area contributed by atoms with Gasteiger partial charge in [-0.2, -0.15) is 13.2 Å². The molecule has 1 aromatic heterocycles. The van der Waals surface area contributed by atoms with Gasteiger partial charge in [-0.25, -0.2) is 13.8 Å². The van der Waals surface area contributed by atoms with Crippen molar-refractivity contribution in [2.24, 2.45) is 0 Å². The smallest absolute Gasteiger partial charge is 0.247 e. The van der Waals surface area contributed by atoms with Gasteiger partial charge in [-0.3, -0.25) is 0 Å². The number of aryl methyl sites for hydroxylation is 1. The van der Waals surface area contributed by atoms with E-state index in [2.05, 4.69) is 20.9 Å². The summed E-state index contributed by atoms with van der Waals surface area (Å²) in [7, 11) is 0. The van der Waals surface area contributed by atoms with Crippen LogP contribution in [0.1, 0.15) is 23.4 Å². The minimum Gasteiger partial charge on any atom is -0.247 e. The number of pyridine rings is 1. The molecule has 0 radical (unpaired) electrons. The Labute approximate surface area is 90.4 Å². The van der Waals surface area contributed by atoms with E-state index in [-0.39, 0.29) is 5.69 Å². The van der Waals surface area contributed by atoms with Gasteiger partial charge >= 0.3 is 6.18 Å². The van der Waals surface area contributed by atoms with E-state index in [9.17, 15) is 22.0 Å². The van der Waals surface area contributed by atoms with Crippen molar-refractivity contribution in [1.82, 2.24) is 4.98 Å². The molecular weight excluding hydrogens is 285 g/mol. The van der Waals surface area contributed by atoms with Crippen LogP contribution < -0.4 is 0 Å². The maximum atomic E-state index is 12.3. The molecular formula is C8H5BrF5N. The Bertz CT molecular complexity index is 374. The molecule has 0 aliphatic heterocycles. The molecule has 0 amide bonds. The molecule has 0 N–H and O–H groups in total. The minimum atomic E-state index is -4.65. The first kappa shape index (κ1) is 12.4. The van der Waals surface area contributed by atoms with Crippen LogP contribution >= 0.6 is 15.9 Å². The van der Waals surface area contributed by atoms with Crippen molar-refractivity contribution < 1.29 is 22.0 Å². The maximum Gasteiger partial charge on any atom is 0.434 e. The monoisotopic (exact) mass is 289 g/mol. The van der Waals surface area contributed by atoms with Crippen LogP contribution in [0.3, 0.4) is 0 Å². The molecule has 84 valence electrons. The summed E-state index contributed by atoms with van der Waals surface area (Å²) in [4.78, 5) is 3.11. The highest BCUT2D eigenvalue weighted by Gasteiger charge is 2.36. The van der Waals surface area contributed by atoms with E-state index < -0.39 is 28.3 Å². The van der Waals surface area contributed by atoms with Crippen LogP contribution in [0.5, 0.6) is 0 Å². The Balaban J connectivity index is 3.32. The summed E-state index contributed by atoms with van der Waals surface area (Å²) >= 11 is 2.57. The molecule has 0 aliphatic rings. The first-order valence-electron chi connectivity index (χ1n) is 3.76. The van der Waals surface area contributed by atoms with Gasteiger partial charge < -0.3 is 0 Å². The van der Waals surface area contributed by atoms with E-state index in [1.54, 1.807) is 0 Å². The average Bonchev–Trinajstić information content (AvgIpc) is 2.06. The van der Waals surface area contributed by atoms with Crippen molar-refractivity contribution in [3.63, 3.8) is 0 Å². The molecule has 0 unspecified atom stereocenters.